The van der Waals surface area contributed by atoms with Crippen LogP contribution in [-0.4, -0.2) is 35.3 Å². The molecule has 0 aliphatic carbocycles. The number of hydrogen-bond acceptors (Lipinski definition) is 6. The molecular weight excluding hydrogens is 412 g/mol. The van der Waals surface area contributed by atoms with E-state index in [-0.39, 0.29) is 12.3 Å². The van der Waals surface area contributed by atoms with Crippen molar-refractivity contribution in [2.45, 2.75) is 46.4 Å². The first-order valence-corrected chi connectivity index (χ1v) is 10.5. The van der Waals surface area contributed by atoms with Crippen LogP contribution in [0.15, 0.2) is 46.0 Å². The van der Waals surface area contributed by atoms with Gasteiger partial charge in [-0.15, -0.1) is 0 Å². The molecule has 0 amide bonds. The Morgan fingerprint density at radius 1 is 1.12 bits per heavy atom. The van der Waals surface area contributed by atoms with Gasteiger partial charge in [0.15, 0.2) is 11.2 Å². The average molecular weight is 436 g/mol. The molecule has 0 radical (unpaired) electrons. The topological polar surface area (TPSA) is 128 Å². The quantitative estimate of drug-likeness (QED) is 0.409. The first-order chi connectivity index (χ1) is 15.5. The summed E-state index contributed by atoms with van der Waals surface area (Å²) in [6.45, 7) is 4.60. The minimum atomic E-state index is -0.591. The molecule has 2 N–H and O–H groups in total. The number of esters is 1. The first-order valence-electron chi connectivity index (χ1n) is 10.5. The number of nitrogens with zero attached hydrogens (tertiary/aromatic N) is 4. The maximum atomic E-state index is 12.6. The lowest BCUT2D eigenvalue weighted by Gasteiger charge is -2.06. The highest BCUT2D eigenvalue weighted by Gasteiger charge is 2.20. The molecule has 0 saturated heterocycles. The third kappa shape index (κ3) is 3.98. The third-order valence-electron chi connectivity index (χ3n) is 5.22. The van der Waals surface area contributed by atoms with E-state index in [9.17, 15) is 14.4 Å². The summed E-state index contributed by atoms with van der Waals surface area (Å²) < 4.78 is 8.55. The standard InChI is InChI=1S/C22H24N6O4/c1-3-5-11-28-19-18(20(29)24-22(28)31)27(4-2)17(23-19)13-32-21(30)16-12-15(25-26-16)14-9-7-6-8-10-14/h6-10,12H,3-5,11,13H2,1-2H3,(H,25,26)(H,24,29,31). The number of aryl methyl sites for hydroxylation is 2. The number of carbonyl (C=O) groups excluding carboxylic acids is 1. The number of aromatic amines is 2. The normalized spacial score (nSPS) is 11.2. The summed E-state index contributed by atoms with van der Waals surface area (Å²) in [5.74, 6) is -0.202. The zero-order valence-electron chi connectivity index (χ0n) is 17.9. The summed E-state index contributed by atoms with van der Waals surface area (Å²) in [5.41, 5.74) is 1.30. The molecule has 0 atom stereocenters. The van der Waals surface area contributed by atoms with Gasteiger partial charge < -0.3 is 9.30 Å². The van der Waals surface area contributed by atoms with E-state index in [0.717, 1.165) is 18.4 Å². The van der Waals surface area contributed by atoms with Crippen molar-refractivity contribution < 1.29 is 9.53 Å². The second kappa shape index (κ2) is 9.04. The smallest absolute Gasteiger partial charge is 0.356 e. The SMILES string of the molecule is CCCCn1c(=O)[nH]c(=O)c2c1nc(COC(=O)c1cc(-c3ccccc3)n[nH]1)n2CC. The van der Waals surface area contributed by atoms with Gasteiger partial charge in [0, 0.05) is 18.7 Å². The molecule has 3 aromatic heterocycles. The molecule has 0 bridgehead atoms. The zero-order valence-corrected chi connectivity index (χ0v) is 17.9. The second-order valence-electron chi connectivity index (χ2n) is 7.32. The predicted octanol–water partition coefficient (Wildman–Crippen LogP) is 2.45. The van der Waals surface area contributed by atoms with Crippen LogP contribution < -0.4 is 11.2 Å². The number of fused-ring (bicyclic) bond motifs is 1. The van der Waals surface area contributed by atoms with Gasteiger partial charge in [0.05, 0.1) is 5.69 Å². The monoisotopic (exact) mass is 436 g/mol. The van der Waals surface area contributed by atoms with Gasteiger partial charge in [0.1, 0.15) is 18.1 Å². The van der Waals surface area contributed by atoms with Crippen molar-refractivity contribution in [2.75, 3.05) is 0 Å². The number of nitrogens with one attached hydrogen (secondary N) is 2. The molecule has 0 saturated carbocycles. The molecule has 0 fully saturated rings. The minimum absolute atomic E-state index is 0.150. The van der Waals surface area contributed by atoms with Gasteiger partial charge in [0.25, 0.3) is 5.56 Å². The lowest BCUT2D eigenvalue weighted by molar-refractivity contribution is 0.0451. The Bertz CT molecular complexity index is 1360. The molecule has 4 aromatic rings. The summed E-state index contributed by atoms with van der Waals surface area (Å²) in [4.78, 5) is 44.2. The van der Waals surface area contributed by atoms with Crippen molar-refractivity contribution >= 4 is 17.1 Å². The van der Waals surface area contributed by atoms with Crippen LogP contribution >= 0.6 is 0 Å². The van der Waals surface area contributed by atoms with Gasteiger partial charge in [-0.2, -0.15) is 5.10 Å². The lowest BCUT2D eigenvalue weighted by Crippen LogP contribution is -2.31. The molecule has 10 nitrogen and oxygen atoms in total. The molecule has 4 rings (SSSR count). The number of H-pyrrole nitrogens is 2. The third-order valence-corrected chi connectivity index (χ3v) is 5.22. The number of carbonyl (C=O) groups is 1. The fourth-order valence-electron chi connectivity index (χ4n) is 3.58. The molecule has 0 unspecified atom stereocenters. The maximum absolute atomic E-state index is 12.6. The fraction of sp³-hybridized carbons (Fsp3) is 0.318. The number of ether oxygens (including phenoxy) is 1. The summed E-state index contributed by atoms with van der Waals surface area (Å²) in [7, 11) is 0. The van der Waals surface area contributed by atoms with Crippen LogP contribution in [0, 0.1) is 0 Å². The van der Waals surface area contributed by atoms with E-state index in [2.05, 4.69) is 20.2 Å². The number of unbranched alkanes of at least 4 members (excludes halogenated alkanes) is 1. The Balaban J connectivity index is 1.60. The van der Waals surface area contributed by atoms with Crippen molar-refractivity contribution in [1.29, 1.82) is 0 Å². The van der Waals surface area contributed by atoms with Crippen molar-refractivity contribution in [3.8, 4) is 11.3 Å². The van der Waals surface area contributed by atoms with Crippen LogP contribution in [0.5, 0.6) is 0 Å². The van der Waals surface area contributed by atoms with Crippen molar-refractivity contribution in [1.82, 2.24) is 29.3 Å². The Morgan fingerprint density at radius 2 is 1.91 bits per heavy atom. The van der Waals surface area contributed by atoms with Gasteiger partial charge in [-0.1, -0.05) is 43.7 Å². The lowest BCUT2D eigenvalue weighted by atomic mass is 10.1. The first kappa shape index (κ1) is 21.3. The van der Waals surface area contributed by atoms with E-state index in [4.69, 9.17) is 4.74 Å². The molecule has 166 valence electrons. The molecular formula is C22H24N6O4. The van der Waals surface area contributed by atoms with Crippen LogP contribution in [0.4, 0.5) is 0 Å². The molecule has 32 heavy (non-hydrogen) atoms. The highest BCUT2D eigenvalue weighted by atomic mass is 16.5. The van der Waals surface area contributed by atoms with E-state index in [1.165, 1.54) is 4.57 Å². The van der Waals surface area contributed by atoms with Crippen molar-refractivity contribution in [3.05, 3.63) is 68.8 Å². The van der Waals surface area contributed by atoms with Gasteiger partial charge in [-0.05, 0) is 19.4 Å². The van der Waals surface area contributed by atoms with Gasteiger partial charge in [-0.25, -0.2) is 14.6 Å². The van der Waals surface area contributed by atoms with Crippen molar-refractivity contribution in [2.24, 2.45) is 0 Å². The van der Waals surface area contributed by atoms with E-state index in [1.807, 2.05) is 44.2 Å². The van der Waals surface area contributed by atoms with Crippen LogP contribution in [0.1, 0.15) is 43.0 Å². The molecule has 3 heterocycles. The van der Waals surface area contributed by atoms with E-state index >= 15 is 0 Å². The molecule has 1 aromatic carbocycles. The van der Waals surface area contributed by atoms with Gasteiger partial charge in [0.2, 0.25) is 0 Å². The number of rotatable bonds is 8. The second-order valence-corrected chi connectivity index (χ2v) is 7.32. The van der Waals surface area contributed by atoms with E-state index in [0.29, 0.717) is 35.8 Å². The highest BCUT2D eigenvalue weighted by Crippen LogP contribution is 2.18. The summed E-state index contributed by atoms with van der Waals surface area (Å²) >= 11 is 0. The van der Waals surface area contributed by atoms with Crippen LogP contribution in [0.25, 0.3) is 22.4 Å². The maximum Gasteiger partial charge on any atom is 0.356 e. The molecule has 0 aliphatic rings. The molecule has 0 spiro atoms. The Labute approximate surface area is 182 Å². The Kier molecular flexibility index (Phi) is 6.02. The predicted molar refractivity (Wildman–Crippen MR) is 118 cm³/mol. The van der Waals surface area contributed by atoms with Crippen LogP contribution in [-0.2, 0) is 24.4 Å². The van der Waals surface area contributed by atoms with Gasteiger partial charge >= 0.3 is 11.7 Å². The fourth-order valence-corrected chi connectivity index (χ4v) is 3.58. The molecule has 10 heteroatoms. The minimum Gasteiger partial charge on any atom is -0.453 e. The molecule has 0 aliphatic heterocycles. The number of hydrogen-bond donors (Lipinski definition) is 2. The summed E-state index contributed by atoms with van der Waals surface area (Å²) in [6, 6.07) is 11.1. The Hall–Kier alpha value is -3.95. The van der Waals surface area contributed by atoms with Crippen LogP contribution in [0.2, 0.25) is 0 Å². The summed E-state index contributed by atoms with van der Waals surface area (Å²) in [6.07, 6.45) is 1.66. The highest BCUT2D eigenvalue weighted by molar-refractivity contribution is 5.88. The number of aromatic nitrogens is 6. The van der Waals surface area contributed by atoms with Crippen LogP contribution in [0.3, 0.4) is 0 Å². The average Bonchev–Trinajstić information content (AvgIpc) is 3.43. The summed E-state index contributed by atoms with van der Waals surface area (Å²) in [5, 5.41) is 6.85. The van der Waals surface area contributed by atoms with Crippen molar-refractivity contribution in [3.63, 3.8) is 0 Å². The van der Waals surface area contributed by atoms with Gasteiger partial charge in [-0.3, -0.25) is 19.4 Å². The number of imidazole rings is 1. The van der Waals surface area contributed by atoms with E-state index < -0.39 is 17.2 Å². The number of benzene rings is 1. The Morgan fingerprint density at radius 3 is 2.62 bits per heavy atom. The largest absolute Gasteiger partial charge is 0.453 e. The zero-order chi connectivity index (χ0) is 22.7. The van der Waals surface area contributed by atoms with E-state index in [1.54, 1.807) is 10.6 Å².